The van der Waals surface area contributed by atoms with E-state index in [9.17, 15) is 0 Å². The van der Waals surface area contributed by atoms with Crippen molar-refractivity contribution in [2.24, 2.45) is 0 Å². The predicted octanol–water partition coefficient (Wildman–Crippen LogP) is 0.925. The molecule has 2 rings (SSSR count). The number of piperazine rings is 1. The van der Waals surface area contributed by atoms with Gasteiger partial charge in [-0.25, -0.2) is 0 Å². The molecule has 1 aromatic rings. The van der Waals surface area contributed by atoms with Gasteiger partial charge in [0.25, 0.3) is 0 Å². The van der Waals surface area contributed by atoms with Crippen molar-refractivity contribution in [1.29, 1.82) is 0 Å². The topological polar surface area (TPSA) is 78.0 Å². The van der Waals surface area contributed by atoms with Crippen molar-refractivity contribution in [2.75, 3.05) is 54.8 Å². The molecule has 0 saturated carbocycles. The summed E-state index contributed by atoms with van der Waals surface area (Å²) in [5, 5.41) is 9.83. The van der Waals surface area contributed by atoms with Gasteiger partial charge in [0.15, 0.2) is 0 Å². The van der Waals surface area contributed by atoms with E-state index in [1.165, 1.54) is 0 Å². The number of aromatic nitrogens is 3. The Hall–Kier alpha value is -1.63. The first-order valence-corrected chi connectivity index (χ1v) is 7.53. The van der Waals surface area contributed by atoms with Crippen molar-refractivity contribution in [3.8, 4) is 0 Å². The van der Waals surface area contributed by atoms with Crippen LogP contribution in [0.15, 0.2) is 0 Å². The summed E-state index contributed by atoms with van der Waals surface area (Å²) in [6.07, 6.45) is 2.10. The van der Waals surface area contributed by atoms with E-state index in [1.54, 1.807) is 0 Å². The average molecular weight is 279 g/mol. The van der Waals surface area contributed by atoms with E-state index < -0.39 is 0 Å². The lowest BCUT2D eigenvalue weighted by atomic mass is 10.4. The fraction of sp³-hybridized carbons (Fsp3) is 0.769. The second-order valence-electron chi connectivity index (χ2n) is 4.87. The molecule has 0 unspecified atom stereocenters. The zero-order valence-corrected chi connectivity index (χ0v) is 12.4. The second-order valence-corrected chi connectivity index (χ2v) is 4.87. The smallest absolute Gasteiger partial charge is 0.232 e. The molecule has 0 aromatic carbocycles. The van der Waals surface area contributed by atoms with Gasteiger partial charge < -0.3 is 20.9 Å². The van der Waals surface area contributed by atoms with Crippen LogP contribution in [-0.4, -0.2) is 54.2 Å². The quantitative estimate of drug-likeness (QED) is 0.685. The van der Waals surface area contributed by atoms with Gasteiger partial charge in [-0.3, -0.25) is 0 Å². The van der Waals surface area contributed by atoms with Crippen LogP contribution in [-0.2, 0) is 0 Å². The zero-order valence-electron chi connectivity index (χ0n) is 12.4. The van der Waals surface area contributed by atoms with Crippen molar-refractivity contribution in [3.63, 3.8) is 0 Å². The molecule has 1 saturated heterocycles. The largest absolute Gasteiger partial charge is 0.354 e. The Morgan fingerprint density at radius 2 is 1.50 bits per heavy atom. The van der Waals surface area contributed by atoms with Gasteiger partial charge in [0.2, 0.25) is 17.8 Å². The Labute approximate surface area is 120 Å². The zero-order chi connectivity index (χ0) is 14.2. The maximum atomic E-state index is 4.53. The summed E-state index contributed by atoms with van der Waals surface area (Å²) < 4.78 is 0. The molecule has 2 heterocycles. The first kappa shape index (κ1) is 14.8. The summed E-state index contributed by atoms with van der Waals surface area (Å²) >= 11 is 0. The number of nitrogens with zero attached hydrogens (tertiary/aromatic N) is 4. The fourth-order valence-electron chi connectivity index (χ4n) is 2.00. The molecule has 0 bridgehead atoms. The lowest BCUT2D eigenvalue weighted by Gasteiger charge is -2.27. The lowest BCUT2D eigenvalue weighted by Crippen LogP contribution is -2.44. The van der Waals surface area contributed by atoms with Crippen LogP contribution in [0.25, 0.3) is 0 Å². The maximum absolute atomic E-state index is 4.53. The lowest BCUT2D eigenvalue weighted by molar-refractivity contribution is 0.579. The molecule has 0 amide bonds. The van der Waals surface area contributed by atoms with Crippen LogP contribution in [0.4, 0.5) is 17.8 Å². The van der Waals surface area contributed by atoms with Crippen LogP contribution in [0, 0.1) is 0 Å². The minimum atomic E-state index is 0.661. The van der Waals surface area contributed by atoms with Crippen LogP contribution in [0.5, 0.6) is 0 Å². The molecule has 0 atom stereocenters. The van der Waals surface area contributed by atoms with E-state index >= 15 is 0 Å². The van der Waals surface area contributed by atoms with E-state index in [4.69, 9.17) is 0 Å². The SMILES string of the molecule is CCCNc1nc(NCCC)nc(N2CCNCC2)n1. The molecule has 1 aliphatic rings. The fourth-order valence-corrected chi connectivity index (χ4v) is 2.00. The molecule has 7 nitrogen and oxygen atoms in total. The van der Waals surface area contributed by atoms with Crippen LogP contribution < -0.4 is 20.9 Å². The van der Waals surface area contributed by atoms with Gasteiger partial charge >= 0.3 is 0 Å². The highest BCUT2D eigenvalue weighted by atomic mass is 15.3. The molecular weight excluding hydrogens is 254 g/mol. The first-order chi connectivity index (χ1) is 9.83. The predicted molar refractivity (Wildman–Crippen MR) is 82.5 cm³/mol. The summed E-state index contributed by atoms with van der Waals surface area (Å²) in [5.41, 5.74) is 0. The third-order valence-electron chi connectivity index (χ3n) is 3.09. The van der Waals surface area contributed by atoms with Crippen molar-refractivity contribution < 1.29 is 0 Å². The number of anilines is 3. The summed E-state index contributed by atoms with van der Waals surface area (Å²) in [7, 11) is 0. The molecule has 0 aliphatic carbocycles. The van der Waals surface area contributed by atoms with Crippen LogP contribution in [0.1, 0.15) is 26.7 Å². The highest BCUT2D eigenvalue weighted by molar-refractivity contribution is 5.44. The van der Waals surface area contributed by atoms with Gasteiger partial charge in [-0.05, 0) is 12.8 Å². The minimum Gasteiger partial charge on any atom is -0.354 e. The Bertz CT molecular complexity index is 377. The maximum Gasteiger partial charge on any atom is 0.232 e. The van der Waals surface area contributed by atoms with Gasteiger partial charge in [0.05, 0.1) is 0 Å². The summed E-state index contributed by atoms with van der Waals surface area (Å²) in [6.45, 7) is 9.82. The Kier molecular flexibility index (Phi) is 5.79. The van der Waals surface area contributed by atoms with E-state index in [0.29, 0.717) is 11.9 Å². The molecular formula is C13H25N7. The van der Waals surface area contributed by atoms with Crippen LogP contribution >= 0.6 is 0 Å². The average Bonchev–Trinajstić information content (AvgIpc) is 2.51. The van der Waals surface area contributed by atoms with Gasteiger partial charge in [-0.2, -0.15) is 15.0 Å². The Morgan fingerprint density at radius 3 is 2.00 bits per heavy atom. The Balaban J connectivity index is 2.14. The molecule has 0 radical (unpaired) electrons. The number of hydrogen-bond acceptors (Lipinski definition) is 7. The molecule has 1 aromatic heterocycles. The van der Waals surface area contributed by atoms with E-state index in [2.05, 4.69) is 49.6 Å². The third-order valence-corrected chi connectivity index (χ3v) is 3.09. The van der Waals surface area contributed by atoms with E-state index in [-0.39, 0.29) is 0 Å². The molecule has 1 aliphatic heterocycles. The molecule has 1 fully saturated rings. The second kappa shape index (κ2) is 7.84. The van der Waals surface area contributed by atoms with Crippen molar-refractivity contribution >= 4 is 17.8 Å². The van der Waals surface area contributed by atoms with Crippen LogP contribution in [0.3, 0.4) is 0 Å². The molecule has 0 spiro atoms. The summed E-state index contributed by atoms with van der Waals surface area (Å²) in [4.78, 5) is 15.7. The van der Waals surface area contributed by atoms with Gasteiger partial charge in [0, 0.05) is 39.3 Å². The van der Waals surface area contributed by atoms with E-state index in [1.807, 2.05) is 0 Å². The van der Waals surface area contributed by atoms with Gasteiger partial charge in [-0.1, -0.05) is 13.8 Å². The number of hydrogen-bond donors (Lipinski definition) is 3. The van der Waals surface area contributed by atoms with Crippen LogP contribution in [0.2, 0.25) is 0 Å². The standard InChI is InChI=1S/C13H25N7/c1-3-5-15-11-17-12(16-6-4-2)19-13(18-11)20-9-7-14-8-10-20/h14H,3-10H2,1-2H3,(H2,15,16,17,18,19). The van der Waals surface area contributed by atoms with Gasteiger partial charge in [0.1, 0.15) is 0 Å². The first-order valence-electron chi connectivity index (χ1n) is 7.53. The Morgan fingerprint density at radius 1 is 0.950 bits per heavy atom. The van der Waals surface area contributed by atoms with E-state index in [0.717, 1.165) is 58.1 Å². The third kappa shape index (κ3) is 4.19. The minimum absolute atomic E-state index is 0.661. The number of rotatable bonds is 7. The molecule has 112 valence electrons. The number of nitrogens with one attached hydrogen (secondary N) is 3. The summed E-state index contributed by atoms with van der Waals surface area (Å²) in [6, 6.07) is 0. The highest BCUT2D eigenvalue weighted by Crippen LogP contribution is 2.14. The van der Waals surface area contributed by atoms with Crippen molar-refractivity contribution in [1.82, 2.24) is 20.3 Å². The monoisotopic (exact) mass is 279 g/mol. The molecule has 7 heteroatoms. The highest BCUT2D eigenvalue weighted by Gasteiger charge is 2.15. The normalized spacial score (nSPS) is 15.2. The molecule has 3 N–H and O–H groups in total. The molecule has 20 heavy (non-hydrogen) atoms. The van der Waals surface area contributed by atoms with Crippen molar-refractivity contribution in [2.45, 2.75) is 26.7 Å². The summed E-state index contributed by atoms with van der Waals surface area (Å²) in [5.74, 6) is 2.08. The van der Waals surface area contributed by atoms with Crippen molar-refractivity contribution in [3.05, 3.63) is 0 Å². The van der Waals surface area contributed by atoms with Gasteiger partial charge in [-0.15, -0.1) is 0 Å².